The van der Waals surface area contributed by atoms with Gasteiger partial charge in [-0.2, -0.15) is 18.2 Å². The molecule has 0 aliphatic rings. The lowest BCUT2D eigenvalue weighted by atomic mass is 10.3. The molecule has 21 heavy (non-hydrogen) atoms. The Morgan fingerprint density at radius 1 is 1.29 bits per heavy atom. The Hall–Kier alpha value is -1.57. The third-order valence-corrected chi connectivity index (χ3v) is 2.83. The highest BCUT2D eigenvalue weighted by Gasteiger charge is 2.34. The number of aromatic nitrogens is 2. The Morgan fingerprint density at radius 3 is 2.52 bits per heavy atom. The summed E-state index contributed by atoms with van der Waals surface area (Å²) in [4.78, 5) is 9.33. The number of hydrogen-bond acceptors (Lipinski definition) is 5. The van der Waals surface area contributed by atoms with E-state index in [1.54, 1.807) is 4.90 Å². The van der Waals surface area contributed by atoms with Gasteiger partial charge >= 0.3 is 6.18 Å². The zero-order valence-electron chi connectivity index (χ0n) is 12.2. The number of halogens is 3. The second kappa shape index (κ2) is 8.02. The highest BCUT2D eigenvalue weighted by atomic mass is 19.4. The van der Waals surface area contributed by atoms with Gasteiger partial charge in [0.2, 0.25) is 5.95 Å². The summed E-state index contributed by atoms with van der Waals surface area (Å²) in [6.45, 7) is 5.15. The van der Waals surface area contributed by atoms with Crippen molar-refractivity contribution >= 4 is 11.8 Å². The predicted molar refractivity (Wildman–Crippen MR) is 75.4 cm³/mol. The highest BCUT2D eigenvalue weighted by molar-refractivity contribution is 5.45. The Labute approximate surface area is 122 Å². The maximum Gasteiger partial charge on any atom is 0.433 e. The van der Waals surface area contributed by atoms with Crippen molar-refractivity contribution in [3.63, 3.8) is 0 Å². The summed E-state index contributed by atoms with van der Waals surface area (Å²) in [5.74, 6) is 0.191. The minimum Gasteiger partial charge on any atom is -0.396 e. The SMILES string of the molecule is CCCNc1nc(N(CC)CCCO)cc(C(F)(F)F)n1. The zero-order chi connectivity index (χ0) is 15.9. The first kappa shape index (κ1) is 17.5. The molecule has 1 rings (SSSR count). The molecule has 1 aromatic heterocycles. The highest BCUT2D eigenvalue weighted by Crippen LogP contribution is 2.30. The van der Waals surface area contributed by atoms with Crippen molar-refractivity contribution in [2.24, 2.45) is 0 Å². The summed E-state index contributed by atoms with van der Waals surface area (Å²) in [7, 11) is 0. The van der Waals surface area contributed by atoms with Crippen LogP contribution in [0.1, 0.15) is 32.4 Å². The normalized spacial score (nSPS) is 11.5. The van der Waals surface area contributed by atoms with E-state index in [-0.39, 0.29) is 18.4 Å². The number of aliphatic hydroxyl groups excluding tert-OH is 1. The zero-order valence-corrected chi connectivity index (χ0v) is 12.2. The van der Waals surface area contributed by atoms with Crippen LogP contribution in [0.25, 0.3) is 0 Å². The van der Waals surface area contributed by atoms with Gasteiger partial charge in [0.25, 0.3) is 0 Å². The van der Waals surface area contributed by atoms with Gasteiger partial charge < -0.3 is 15.3 Å². The Kier molecular flexibility index (Phi) is 6.67. The molecular formula is C13H21F3N4O. The summed E-state index contributed by atoms with van der Waals surface area (Å²) in [5.41, 5.74) is -0.964. The van der Waals surface area contributed by atoms with Gasteiger partial charge in [0.1, 0.15) is 5.82 Å². The number of rotatable bonds is 8. The molecule has 1 heterocycles. The number of aliphatic hydroxyl groups is 1. The van der Waals surface area contributed by atoms with Crippen LogP contribution in [0, 0.1) is 0 Å². The second-order valence-corrected chi connectivity index (χ2v) is 4.52. The summed E-state index contributed by atoms with van der Waals surface area (Å²) >= 11 is 0. The molecule has 0 spiro atoms. The molecule has 0 aliphatic carbocycles. The molecule has 8 heteroatoms. The van der Waals surface area contributed by atoms with Crippen LogP contribution in [-0.2, 0) is 6.18 Å². The molecule has 0 unspecified atom stereocenters. The van der Waals surface area contributed by atoms with Crippen molar-refractivity contribution in [2.45, 2.75) is 32.9 Å². The molecule has 0 fully saturated rings. The fourth-order valence-electron chi connectivity index (χ4n) is 1.75. The third kappa shape index (κ3) is 5.37. The Morgan fingerprint density at radius 2 is 2.00 bits per heavy atom. The van der Waals surface area contributed by atoms with Crippen LogP contribution in [0.3, 0.4) is 0 Å². The molecule has 5 nitrogen and oxygen atoms in total. The molecular weight excluding hydrogens is 285 g/mol. The molecule has 0 amide bonds. The molecule has 0 aromatic carbocycles. The van der Waals surface area contributed by atoms with Crippen LogP contribution < -0.4 is 10.2 Å². The van der Waals surface area contributed by atoms with E-state index in [9.17, 15) is 13.2 Å². The molecule has 0 aliphatic heterocycles. The fourth-order valence-corrected chi connectivity index (χ4v) is 1.75. The average Bonchev–Trinajstić information content (AvgIpc) is 2.45. The van der Waals surface area contributed by atoms with Gasteiger partial charge in [0.15, 0.2) is 5.69 Å². The van der Waals surface area contributed by atoms with Gasteiger partial charge in [-0.25, -0.2) is 4.98 Å². The van der Waals surface area contributed by atoms with Crippen LogP contribution in [-0.4, -0.2) is 41.3 Å². The van der Waals surface area contributed by atoms with Gasteiger partial charge in [-0.3, -0.25) is 0 Å². The van der Waals surface area contributed by atoms with Crippen molar-refractivity contribution < 1.29 is 18.3 Å². The molecule has 0 atom stereocenters. The van der Waals surface area contributed by atoms with E-state index in [0.29, 0.717) is 26.1 Å². The van der Waals surface area contributed by atoms with Crippen LogP contribution in [0.5, 0.6) is 0 Å². The van der Waals surface area contributed by atoms with Crippen LogP contribution in [0.2, 0.25) is 0 Å². The molecule has 120 valence electrons. The van der Waals surface area contributed by atoms with E-state index in [4.69, 9.17) is 5.11 Å². The summed E-state index contributed by atoms with van der Waals surface area (Å²) < 4.78 is 38.7. The first-order valence-electron chi connectivity index (χ1n) is 6.98. The van der Waals surface area contributed by atoms with Crippen molar-refractivity contribution in [1.82, 2.24) is 9.97 Å². The first-order chi connectivity index (χ1) is 9.92. The number of alkyl halides is 3. The van der Waals surface area contributed by atoms with E-state index >= 15 is 0 Å². The first-order valence-corrected chi connectivity index (χ1v) is 6.98. The Balaban J connectivity index is 3.10. The monoisotopic (exact) mass is 306 g/mol. The van der Waals surface area contributed by atoms with E-state index in [0.717, 1.165) is 12.5 Å². The van der Waals surface area contributed by atoms with E-state index < -0.39 is 11.9 Å². The maximum atomic E-state index is 12.9. The third-order valence-electron chi connectivity index (χ3n) is 2.83. The standard InChI is InChI=1S/C13H21F3N4O/c1-3-6-17-12-18-10(13(14,15)16)9-11(19-12)20(4-2)7-5-8-21/h9,21H,3-8H2,1-2H3,(H,17,18,19). The number of hydrogen-bond donors (Lipinski definition) is 2. The van der Waals surface area contributed by atoms with Crippen molar-refractivity contribution in [2.75, 3.05) is 36.5 Å². The molecule has 2 N–H and O–H groups in total. The van der Waals surface area contributed by atoms with Crippen molar-refractivity contribution in [3.8, 4) is 0 Å². The molecule has 0 saturated carbocycles. The fraction of sp³-hybridized carbons (Fsp3) is 0.692. The lowest BCUT2D eigenvalue weighted by molar-refractivity contribution is -0.141. The van der Waals surface area contributed by atoms with E-state index in [1.807, 2.05) is 13.8 Å². The van der Waals surface area contributed by atoms with Gasteiger partial charge in [-0.1, -0.05) is 6.92 Å². The molecule has 0 radical (unpaired) electrons. The largest absolute Gasteiger partial charge is 0.433 e. The maximum absolute atomic E-state index is 12.9. The lowest BCUT2D eigenvalue weighted by Gasteiger charge is -2.23. The van der Waals surface area contributed by atoms with E-state index in [1.165, 1.54) is 0 Å². The second-order valence-electron chi connectivity index (χ2n) is 4.52. The molecule has 1 aromatic rings. The topological polar surface area (TPSA) is 61.3 Å². The smallest absolute Gasteiger partial charge is 0.396 e. The average molecular weight is 306 g/mol. The number of anilines is 2. The molecule has 0 saturated heterocycles. The minimum absolute atomic E-state index is 0.0192. The number of nitrogens with zero attached hydrogens (tertiary/aromatic N) is 3. The van der Waals surface area contributed by atoms with Crippen molar-refractivity contribution in [3.05, 3.63) is 11.8 Å². The van der Waals surface area contributed by atoms with Crippen LogP contribution >= 0.6 is 0 Å². The minimum atomic E-state index is -4.52. The van der Waals surface area contributed by atoms with Gasteiger partial charge in [-0.15, -0.1) is 0 Å². The van der Waals surface area contributed by atoms with E-state index in [2.05, 4.69) is 15.3 Å². The van der Waals surface area contributed by atoms with Crippen LogP contribution in [0.4, 0.5) is 24.9 Å². The van der Waals surface area contributed by atoms with Crippen molar-refractivity contribution in [1.29, 1.82) is 0 Å². The number of nitrogens with one attached hydrogen (secondary N) is 1. The summed E-state index contributed by atoms with van der Waals surface area (Å²) in [6, 6.07) is 0.942. The van der Waals surface area contributed by atoms with Gasteiger partial charge in [0.05, 0.1) is 0 Å². The quantitative estimate of drug-likeness (QED) is 0.773. The van der Waals surface area contributed by atoms with Crippen LogP contribution in [0.15, 0.2) is 6.07 Å². The Bertz CT molecular complexity index is 440. The summed E-state index contributed by atoms with van der Waals surface area (Å²) in [6.07, 6.45) is -3.29. The summed E-state index contributed by atoms with van der Waals surface area (Å²) in [5, 5.41) is 11.6. The lowest BCUT2D eigenvalue weighted by Crippen LogP contribution is -2.27. The van der Waals surface area contributed by atoms with Gasteiger partial charge in [0, 0.05) is 32.3 Å². The predicted octanol–water partition coefficient (Wildman–Crippen LogP) is 2.53. The molecule has 0 bridgehead atoms. The van der Waals surface area contributed by atoms with Gasteiger partial charge in [-0.05, 0) is 19.8 Å².